The number of aliphatic hydroxyl groups is 4. The standard InChI is InChI=1S/C48H95NO7/c1-4-6-8-10-12-14-16-18-19-20-21-22-23-24-25-27-29-31-33-35-37-39-44(51)49-42(40-55-48-47(54)46(53)45(52)41(3)56-48)43(50)38-36-34-32-30-28-26-17-15-13-11-9-7-5-2/h41-43,45-48,50,52-54H,4-40H2,1-3H3,(H,49,51)/t41?,42-,43+,45+,46?,47?,48+/m0/s1. The lowest BCUT2D eigenvalue weighted by Gasteiger charge is -2.39. The topological polar surface area (TPSA) is 128 Å². The van der Waals surface area contributed by atoms with Gasteiger partial charge in [-0.25, -0.2) is 0 Å². The summed E-state index contributed by atoms with van der Waals surface area (Å²) in [6, 6.07) is -0.648. The molecule has 56 heavy (non-hydrogen) atoms. The van der Waals surface area contributed by atoms with E-state index in [0.717, 1.165) is 38.5 Å². The van der Waals surface area contributed by atoms with Crippen molar-refractivity contribution in [1.29, 1.82) is 0 Å². The summed E-state index contributed by atoms with van der Waals surface area (Å²) in [6.45, 7) is 6.10. The molecule has 0 saturated carbocycles. The van der Waals surface area contributed by atoms with Crippen LogP contribution in [0.3, 0.4) is 0 Å². The summed E-state index contributed by atoms with van der Waals surface area (Å²) in [4.78, 5) is 13.0. The highest BCUT2D eigenvalue weighted by atomic mass is 16.7. The number of nitrogens with one attached hydrogen (secondary N) is 1. The van der Waals surface area contributed by atoms with Gasteiger partial charge in [-0.3, -0.25) is 4.79 Å². The summed E-state index contributed by atoms with van der Waals surface area (Å²) in [5.74, 6) is -0.102. The van der Waals surface area contributed by atoms with Crippen LogP contribution in [0.5, 0.6) is 0 Å². The molecule has 0 spiro atoms. The van der Waals surface area contributed by atoms with Gasteiger partial charge in [0.1, 0.15) is 18.3 Å². The minimum Gasteiger partial charge on any atom is -0.391 e. The van der Waals surface area contributed by atoms with Gasteiger partial charge >= 0.3 is 0 Å². The maximum absolute atomic E-state index is 13.0. The predicted octanol–water partition coefficient (Wildman–Crippen LogP) is 11.8. The minimum atomic E-state index is -1.42. The van der Waals surface area contributed by atoms with Crippen LogP contribution in [0.1, 0.15) is 252 Å². The van der Waals surface area contributed by atoms with Crippen molar-refractivity contribution in [2.45, 2.75) is 295 Å². The fraction of sp³-hybridized carbons (Fsp3) is 0.979. The van der Waals surface area contributed by atoms with Crippen molar-refractivity contribution in [2.75, 3.05) is 6.61 Å². The average Bonchev–Trinajstić information content (AvgIpc) is 3.19. The predicted molar refractivity (Wildman–Crippen MR) is 234 cm³/mol. The molecule has 8 heteroatoms. The Morgan fingerprint density at radius 3 is 1.23 bits per heavy atom. The van der Waals surface area contributed by atoms with Gasteiger partial charge in [-0.2, -0.15) is 0 Å². The molecular formula is C48H95NO7. The van der Waals surface area contributed by atoms with E-state index in [-0.39, 0.29) is 12.5 Å². The van der Waals surface area contributed by atoms with E-state index in [1.807, 2.05) is 0 Å². The zero-order valence-corrected chi connectivity index (χ0v) is 37.2. The molecule has 1 fully saturated rings. The van der Waals surface area contributed by atoms with Crippen LogP contribution < -0.4 is 5.32 Å². The van der Waals surface area contributed by atoms with Crippen LogP contribution in [0.2, 0.25) is 0 Å². The van der Waals surface area contributed by atoms with Crippen LogP contribution in [0.15, 0.2) is 0 Å². The normalized spacial score (nSPS) is 21.0. The van der Waals surface area contributed by atoms with Crippen molar-refractivity contribution in [3.8, 4) is 0 Å². The fourth-order valence-corrected chi connectivity index (χ4v) is 8.17. The second kappa shape index (κ2) is 38.4. The number of rotatable bonds is 41. The molecule has 1 heterocycles. The van der Waals surface area contributed by atoms with Crippen molar-refractivity contribution in [3.05, 3.63) is 0 Å². The van der Waals surface area contributed by atoms with Crippen molar-refractivity contribution in [2.24, 2.45) is 0 Å². The Hall–Kier alpha value is -0.770. The molecule has 1 aliphatic rings. The number of ether oxygens (including phenoxy) is 2. The van der Waals surface area contributed by atoms with Crippen LogP contribution in [-0.4, -0.2) is 75.8 Å². The van der Waals surface area contributed by atoms with Crippen LogP contribution in [0, 0.1) is 0 Å². The summed E-state index contributed by atoms with van der Waals surface area (Å²) in [5, 5.41) is 44.8. The molecule has 0 aromatic heterocycles. The number of hydrogen-bond donors (Lipinski definition) is 5. The molecule has 1 amide bonds. The zero-order chi connectivity index (χ0) is 40.9. The summed E-state index contributed by atoms with van der Waals surface area (Å²) >= 11 is 0. The van der Waals surface area contributed by atoms with E-state index in [4.69, 9.17) is 9.47 Å². The van der Waals surface area contributed by atoms with Gasteiger partial charge in [0, 0.05) is 6.42 Å². The largest absolute Gasteiger partial charge is 0.391 e. The van der Waals surface area contributed by atoms with E-state index in [0.29, 0.717) is 12.8 Å². The van der Waals surface area contributed by atoms with Gasteiger partial charge < -0.3 is 35.2 Å². The van der Waals surface area contributed by atoms with E-state index in [2.05, 4.69) is 19.2 Å². The molecule has 8 nitrogen and oxygen atoms in total. The molecule has 7 atom stereocenters. The van der Waals surface area contributed by atoms with Crippen molar-refractivity contribution >= 4 is 5.91 Å². The SMILES string of the molecule is CCCCCCCCCCCCCCCCCCCCCCCC(=O)N[C@@H](CO[C@@H]1OC(C)[C@@H](O)C(O)C1O)[C@H](O)CCCCCCCCCCCCCCC. The van der Waals surface area contributed by atoms with E-state index in [9.17, 15) is 25.2 Å². The van der Waals surface area contributed by atoms with Crippen molar-refractivity contribution in [1.82, 2.24) is 5.32 Å². The first-order valence-corrected chi connectivity index (χ1v) is 24.6. The highest BCUT2D eigenvalue weighted by molar-refractivity contribution is 5.76. The van der Waals surface area contributed by atoms with Crippen LogP contribution in [0.25, 0.3) is 0 Å². The molecule has 0 aromatic rings. The second-order valence-electron chi connectivity index (χ2n) is 17.6. The third kappa shape index (κ3) is 29.4. The Morgan fingerprint density at radius 1 is 0.518 bits per heavy atom. The molecule has 334 valence electrons. The number of carbonyl (C=O) groups is 1. The highest BCUT2D eigenvalue weighted by Gasteiger charge is 2.42. The maximum atomic E-state index is 13.0. The molecule has 0 radical (unpaired) electrons. The molecular weight excluding hydrogens is 703 g/mol. The molecule has 0 bridgehead atoms. The molecule has 3 unspecified atom stereocenters. The Morgan fingerprint density at radius 2 is 0.857 bits per heavy atom. The molecule has 0 aliphatic carbocycles. The summed E-state index contributed by atoms with van der Waals surface area (Å²) in [6.07, 6.45) is 38.4. The number of aliphatic hydroxyl groups excluding tert-OH is 4. The van der Waals surface area contributed by atoms with E-state index in [1.165, 1.54) is 180 Å². The Balaban J connectivity index is 2.21. The highest BCUT2D eigenvalue weighted by Crippen LogP contribution is 2.23. The third-order valence-electron chi connectivity index (χ3n) is 12.2. The maximum Gasteiger partial charge on any atom is 0.220 e. The first kappa shape index (κ1) is 53.2. The number of amides is 1. The Bertz CT molecular complexity index is 846. The lowest BCUT2D eigenvalue weighted by molar-refractivity contribution is -0.295. The van der Waals surface area contributed by atoms with Gasteiger partial charge in [0.15, 0.2) is 6.29 Å². The molecule has 0 aromatic carbocycles. The van der Waals surface area contributed by atoms with Gasteiger partial charge in [0.05, 0.1) is 24.9 Å². The Labute approximate surface area is 346 Å². The first-order valence-electron chi connectivity index (χ1n) is 24.6. The van der Waals surface area contributed by atoms with Crippen LogP contribution >= 0.6 is 0 Å². The van der Waals surface area contributed by atoms with Gasteiger partial charge in [-0.15, -0.1) is 0 Å². The quantitative estimate of drug-likeness (QED) is 0.0390. The smallest absolute Gasteiger partial charge is 0.220 e. The zero-order valence-electron chi connectivity index (χ0n) is 37.2. The molecule has 1 saturated heterocycles. The van der Waals surface area contributed by atoms with Crippen molar-refractivity contribution < 1.29 is 34.7 Å². The number of hydrogen-bond acceptors (Lipinski definition) is 7. The lowest BCUT2D eigenvalue weighted by atomic mass is 10.00. The minimum absolute atomic E-state index is 0.0536. The number of unbranched alkanes of at least 4 members (excludes halogenated alkanes) is 32. The number of carbonyl (C=O) groups excluding carboxylic acids is 1. The molecule has 1 aliphatic heterocycles. The van der Waals surface area contributed by atoms with Gasteiger partial charge in [0.2, 0.25) is 5.91 Å². The summed E-state index contributed by atoms with van der Waals surface area (Å²) in [7, 11) is 0. The van der Waals surface area contributed by atoms with Crippen LogP contribution in [-0.2, 0) is 14.3 Å². The van der Waals surface area contributed by atoms with Gasteiger partial charge in [0.25, 0.3) is 0 Å². The summed E-state index contributed by atoms with van der Waals surface area (Å²) in [5.41, 5.74) is 0. The third-order valence-corrected chi connectivity index (χ3v) is 12.2. The summed E-state index contributed by atoms with van der Waals surface area (Å²) < 4.78 is 11.4. The molecule has 1 rings (SSSR count). The van der Waals surface area contributed by atoms with E-state index >= 15 is 0 Å². The molecule has 5 N–H and O–H groups in total. The second-order valence-corrected chi connectivity index (χ2v) is 17.6. The lowest BCUT2D eigenvalue weighted by Crippen LogP contribution is -2.58. The van der Waals surface area contributed by atoms with Crippen LogP contribution in [0.4, 0.5) is 0 Å². The van der Waals surface area contributed by atoms with Gasteiger partial charge in [-0.1, -0.05) is 226 Å². The fourth-order valence-electron chi connectivity index (χ4n) is 8.17. The van der Waals surface area contributed by atoms with Crippen molar-refractivity contribution in [3.63, 3.8) is 0 Å². The van der Waals surface area contributed by atoms with E-state index < -0.39 is 42.9 Å². The first-order chi connectivity index (χ1) is 27.3. The Kier molecular flexibility index (Phi) is 36.5. The average molecular weight is 798 g/mol. The monoisotopic (exact) mass is 798 g/mol. The van der Waals surface area contributed by atoms with Gasteiger partial charge in [-0.05, 0) is 19.8 Å². The van der Waals surface area contributed by atoms with E-state index in [1.54, 1.807) is 6.92 Å².